The van der Waals surface area contributed by atoms with Crippen LogP contribution in [-0.4, -0.2) is 27.4 Å². The van der Waals surface area contributed by atoms with Gasteiger partial charge in [0.05, 0.1) is 22.4 Å². The van der Waals surface area contributed by atoms with Crippen molar-refractivity contribution in [2.24, 2.45) is 0 Å². The SMILES string of the molecule is CC(C)(C)c1cccc([Si](c2ccccc2)(c2ccccc2)c2cccc(N3c4cc([Si](c5ccccc5)(c5ccccc5)c5cccc(C(C)(C)C)c5)ccc4B4c5ccc(-c6ccccc6)cc5N(c5ccccc5-c5ccccc5)c5cc(-n6c7ccc(C(C)(C)C)cc7c7cc(C(C)(C)C)ccc76)cc3c54)c2)c1. The number of aromatic nitrogens is 1. The van der Waals surface area contributed by atoms with Gasteiger partial charge in [0.1, 0.15) is 0 Å². The Hall–Kier alpha value is -11.8. The molecule has 6 heteroatoms. The van der Waals surface area contributed by atoms with E-state index in [1.165, 1.54) is 108 Å². The van der Waals surface area contributed by atoms with Gasteiger partial charge in [-0.05, 0) is 185 Å². The third kappa shape index (κ3) is 12.1. The summed E-state index contributed by atoms with van der Waals surface area (Å²) in [5, 5.41) is 13.1. The Morgan fingerprint density at radius 1 is 0.232 bits per heavy atom. The van der Waals surface area contributed by atoms with Crippen LogP contribution in [0.5, 0.6) is 0 Å². The number of fused-ring (bicyclic) bond motifs is 7. The fourth-order valence-corrected chi connectivity index (χ4v) is 28.1. The van der Waals surface area contributed by atoms with Crippen LogP contribution >= 0.6 is 0 Å². The second-order valence-electron chi connectivity index (χ2n) is 35.3. The highest BCUT2D eigenvalue weighted by Crippen LogP contribution is 2.50. The summed E-state index contributed by atoms with van der Waals surface area (Å²) in [4.78, 5) is 5.41. The minimum Gasteiger partial charge on any atom is -0.311 e. The second-order valence-corrected chi connectivity index (χ2v) is 42.9. The maximum absolute atomic E-state index is 3.31. The van der Waals surface area contributed by atoms with Crippen molar-refractivity contribution >= 4 is 137 Å². The van der Waals surface area contributed by atoms with Gasteiger partial charge in [-0.25, -0.2) is 0 Å². The molecule has 0 N–H and O–H groups in total. The molecule has 0 unspecified atom stereocenters. The Kier molecular flexibility index (Phi) is 17.7. The molecule has 0 amide bonds. The Labute approximate surface area is 665 Å². The van der Waals surface area contributed by atoms with E-state index in [0.717, 1.165) is 56.5 Å². The molecule has 546 valence electrons. The molecule has 0 aliphatic carbocycles. The van der Waals surface area contributed by atoms with Gasteiger partial charge in [-0.15, -0.1) is 0 Å². The van der Waals surface area contributed by atoms with Crippen LogP contribution in [0.25, 0.3) is 49.7 Å². The van der Waals surface area contributed by atoms with Crippen molar-refractivity contribution in [3.63, 3.8) is 0 Å². The van der Waals surface area contributed by atoms with Gasteiger partial charge < -0.3 is 14.4 Å². The van der Waals surface area contributed by atoms with Gasteiger partial charge in [-0.1, -0.05) is 380 Å². The number of rotatable bonds is 13. The van der Waals surface area contributed by atoms with Gasteiger partial charge in [0.25, 0.3) is 6.71 Å². The third-order valence-electron chi connectivity index (χ3n) is 24.3. The molecule has 3 heterocycles. The molecule has 16 aromatic rings. The molecule has 3 nitrogen and oxygen atoms in total. The zero-order valence-corrected chi connectivity index (χ0v) is 68.6. The molecule has 15 aromatic carbocycles. The summed E-state index contributed by atoms with van der Waals surface area (Å²) >= 11 is 0. The number of nitrogens with zero attached hydrogens (tertiary/aromatic N) is 3. The Morgan fingerprint density at radius 3 is 1.08 bits per heavy atom. The molecule has 0 saturated carbocycles. The van der Waals surface area contributed by atoms with Crippen molar-refractivity contribution in [2.75, 3.05) is 9.80 Å². The van der Waals surface area contributed by atoms with Crippen molar-refractivity contribution in [1.29, 1.82) is 0 Å². The molecule has 2 aliphatic heterocycles. The fourth-order valence-electron chi connectivity index (χ4n) is 18.5. The van der Waals surface area contributed by atoms with Crippen molar-refractivity contribution in [3.8, 4) is 27.9 Å². The van der Waals surface area contributed by atoms with Gasteiger partial charge >= 0.3 is 0 Å². The molecule has 0 fully saturated rings. The van der Waals surface area contributed by atoms with Crippen molar-refractivity contribution in [2.45, 2.75) is 105 Å². The van der Waals surface area contributed by atoms with Crippen LogP contribution in [-0.2, 0) is 21.7 Å². The number of hydrogen-bond donors (Lipinski definition) is 0. The largest absolute Gasteiger partial charge is 0.311 e. The second kappa shape index (κ2) is 27.6. The average Bonchev–Trinajstić information content (AvgIpc) is 0.879. The molecule has 0 atom stereocenters. The van der Waals surface area contributed by atoms with Crippen LogP contribution in [0.4, 0.5) is 34.1 Å². The molecule has 0 spiro atoms. The molecule has 18 rings (SSSR count). The van der Waals surface area contributed by atoms with E-state index < -0.39 is 16.1 Å². The minimum absolute atomic E-state index is 0.0944. The van der Waals surface area contributed by atoms with E-state index in [9.17, 15) is 0 Å². The molecular formula is C106H96BN3Si2. The van der Waals surface area contributed by atoms with E-state index in [2.05, 4.69) is 461 Å². The first-order valence-corrected chi connectivity index (χ1v) is 44.0. The Morgan fingerprint density at radius 2 is 0.607 bits per heavy atom. The van der Waals surface area contributed by atoms with Crippen LogP contribution in [0.3, 0.4) is 0 Å². The quantitative estimate of drug-likeness (QED) is 0.0842. The van der Waals surface area contributed by atoms with E-state index >= 15 is 0 Å². The summed E-state index contributed by atoms with van der Waals surface area (Å²) in [5.74, 6) is 0. The number of anilines is 6. The maximum Gasteiger partial charge on any atom is 0.252 e. The van der Waals surface area contributed by atoms with E-state index in [1.54, 1.807) is 0 Å². The summed E-state index contributed by atoms with van der Waals surface area (Å²) in [6, 6.07) is 142. The molecule has 1 aromatic heterocycles. The molecule has 112 heavy (non-hydrogen) atoms. The predicted molar refractivity (Wildman–Crippen MR) is 488 cm³/mol. The molecule has 0 bridgehead atoms. The van der Waals surface area contributed by atoms with Crippen LogP contribution in [0.2, 0.25) is 0 Å². The van der Waals surface area contributed by atoms with Crippen LogP contribution in [0.15, 0.2) is 364 Å². The van der Waals surface area contributed by atoms with Gasteiger partial charge in [-0.2, -0.15) is 0 Å². The zero-order chi connectivity index (χ0) is 77.1. The summed E-state index contributed by atoms with van der Waals surface area (Å²) in [7, 11) is -6.57. The van der Waals surface area contributed by atoms with Gasteiger partial charge in [0.2, 0.25) is 0 Å². The third-order valence-corrected chi connectivity index (χ3v) is 33.8. The van der Waals surface area contributed by atoms with Crippen LogP contribution < -0.4 is 67.7 Å². The van der Waals surface area contributed by atoms with Crippen molar-refractivity contribution in [1.82, 2.24) is 4.57 Å². The van der Waals surface area contributed by atoms with E-state index in [0.29, 0.717) is 0 Å². The Bertz CT molecular complexity index is 6090. The van der Waals surface area contributed by atoms with Crippen LogP contribution in [0.1, 0.15) is 105 Å². The lowest BCUT2D eigenvalue weighted by Crippen LogP contribution is -2.75. The first-order valence-electron chi connectivity index (χ1n) is 40.0. The minimum atomic E-state index is -3.31. The van der Waals surface area contributed by atoms with Gasteiger partial charge in [-0.3, -0.25) is 0 Å². The van der Waals surface area contributed by atoms with Crippen molar-refractivity contribution < 1.29 is 0 Å². The lowest BCUT2D eigenvalue weighted by Gasteiger charge is -2.46. The summed E-state index contributed by atoms with van der Waals surface area (Å²) in [6.07, 6.45) is 0. The van der Waals surface area contributed by atoms with Crippen LogP contribution in [0, 0.1) is 0 Å². The first-order chi connectivity index (χ1) is 54.1. The van der Waals surface area contributed by atoms with E-state index in [-0.39, 0.29) is 28.4 Å². The topological polar surface area (TPSA) is 11.4 Å². The summed E-state index contributed by atoms with van der Waals surface area (Å²) in [5.41, 5.74) is 23.4. The normalized spacial score (nSPS) is 13.1. The smallest absolute Gasteiger partial charge is 0.252 e. The zero-order valence-electron chi connectivity index (χ0n) is 66.6. The van der Waals surface area contributed by atoms with Gasteiger partial charge in [0.15, 0.2) is 16.1 Å². The monoisotopic (exact) mass is 1480 g/mol. The lowest BCUT2D eigenvalue weighted by atomic mass is 9.33. The highest BCUT2D eigenvalue weighted by atomic mass is 28.3. The van der Waals surface area contributed by atoms with E-state index in [1.807, 2.05) is 0 Å². The lowest BCUT2D eigenvalue weighted by molar-refractivity contribution is 0.590. The number of hydrogen-bond acceptors (Lipinski definition) is 2. The fraction of sp³-hybridized carbons (Fsp3) is 0.151. The maximum atomic E-state index is 2.75. The highest BCUT2D eigenvalue weighted by Gasteiger charge is 2.49. The van der Waals surface area contributed by atoms with E-state index in [4.69, 9.17) is 0 Å². The average molecular weight is 1480 g/mol. The number of para-hydroxylation sites is 1. The summed E-state index contributed by atoms with van der Waals surface area (Å²) < 4.78 is 2.61. The Balaban J connectivity index is 1.03. The van der Waals surface area contributed by atoms with Crippen molar-refractivity contribution in [3.05, 3.63) is 386 Å². The molecule has 0 saturated heterocycles. The van der Waals surface area contributed by atoms with Gasteiger partial charge in [0, 0.05) is 44.8 Å². The predicted octanol–water partition coefficient (Wildman–Crippen LogP) is 20.1. The highest BCUT2D eigenvalue weighted by molar-refractivity contribution is 7.20. The molecule has 2 aliphatic rings. The molecule has 0 radical (unpaired) electrons. The number of benzene rings is 15. The standard InChI is InChI=1S/C106H96BN3Si2/c1-103(2,3)76-40-33-51-86(65-76)111(82-43-23-15-24-44-82,83-45-25-16-26-46-83)88-53-35-42-80(69-88)108-99-72-89(112(84-47-27-17-28-48-84,85-49-29-18-30-50-85)87-52-34-41-77(66-87)104(4,5)6)59-61-94(99)107-93-60-56-75(73-36-19-13-20-37-73)64-98(93)110(95-55-32-31-54-90(95)74-38-21-14-22-39-74)101-71-81(70-100(108)102(101)107)109-96-62-57-78(105(7,8)9)67-91(96)92-68-79(106(10,11)12)58-63-97(92)109/h13-72H,1-12H3. The first kappa shape index (κ1) is 71.8. The molecular weight excluding hydrogens is 1380 g/mol. The summed E-state index contributed by atoms with van der Waals surface area (Å²) in [6.45, 7) is 28.0.